The van der Waals surface area contributed by atoms with Crippen molar-refractivity contribution in [3.63, 3.8) is 0 Å². The van der Waals surface area contributed by atoms with Gasteiger partial charge in [-0.05, 0) is 48.9 Å². The summed E-state index contributed by atoms with van der Waals surface area (Å²) in [6, 6.07) is 27.1. The van der Waals surface area contributed by atoms with Gasteiger partial charge in [0.1, 0.15) is 34.2 Å². The molecule has 0 unspecified atom stereocenters. The third-order valence-corrected chi connectivity index (χ3v) is 6.36. The lowest BCUT2D eigenvalue weighted by atomic mass is 10.1. The number of esters is 1. The summed E-state index contributed by atoms with van der Waals surface area (Å²) in [4.78, 5) is 26.4. The summed E-state index contributed by atoms with van der Waals surface area (Å²) >= 11 is 0. The lowest BCUT2D eigenvalue weighted by Gasteiger charge is -2.07. The van der Waals surface area contributed by atoms with E-state index in [1.54, 1.807) is 49.6 Å². The second-order valence-corrected chi connectivity index (χ2v) is 8.93. The molecule has 0 saturated heterocycles. The number of carbonyl (C=O) groups excluding carboxylic acids is 2. The van der Waals surface area contributed by atoms with Crippen LogP contribution in [-0.4, -0.2) is 18.9 Å². The zero-order valence-corrected chi connectivity index (χ0v) is 20.7. The number of hydrogen-bond acceptors (Lipinski definition) is 6. The van der Waals surface area contributed by atoms with E-state index >= 15 is 0 Å². The van der Waals surface area contributed by atoms with Gasteiger partial charge in [-0.1, -0.05) is 60.2 Å². The van der Waals surface area contributed by atoms with E-state index in [1.807, 2.05) is 61.5 Å². The van der Waals surface area contributed by atoms with Gasteiger partial charge in [0, 0.05) is 17.0 Å². The van der Waals surface area contributed by atoms with E-state index in [0.717, 1.165) is 16.7 Å². The maximum atomic E-state index is 13.5. The Kier molecular flexibility index (Phi) is 5.77. The Morgan fingerprint density at radius 3 is 2.39 bits per heavy atom. The van der Waals surface area contributed by atoms with E-state index < -0.39 is 5.97 Å². The van der Waals surface area contributed by atoms with Crippen molar-refractivity contribution in [1.29, 1.82) is 0 Å². The van der Waals surface area contributed by atoms with E-state index in [2.05, 4.69) is 0 Å². The Bertz CT molecular complexity index is 1730. The SMILES string of the molecule is COc1ccc2oc(-c3ccccc3)c(C(=O)Oc3ccc4c(c3)OC(=Cc3ccc(C)cc3)C4=O)c2c1. The van der Waals surface area contributed by atoms with E-state index in [4.69, 9.17) is 18.6 Å². The van der Waals surface area contributed by atoms with Gasteiger partial charge in [0.2, 0.25) is 5.78 Å². The number of methoxy groups -OCH3 is 1. The molecule has 6 nitrogen and oxygen atoms in total. The molecule has 1 aliphatic heterocycles. The average Bonchev–Trinajstić information content (AvgIpc) is 3.47. The molecule has 0 saturated carbocycles. The minimum absolute atomic E-state index is 0.214. The zero-order chi connectivity index (χ0) is 26.2. The van der Waals surface area contributed by atoms with E-state index in [9.17, 15) is 9.59 Å². The van der Waals surface area contributed by atoms with Crippen LogP contribution in [0.5, 0.6) is 17.2 Å². The Labute approximate surface area is 218 Å². The quantitative estimate of drug-likeness (QED) is 0.143. The van der Waals surface area contributed by atoms with Crippen molar-refractivity contribution in [1.82, 2.24) is 0 Å². The second-order valence-electron chi connectivity index (χ2n) is 8.93. The summed E-state index contributed by atoms with van der Waals surface area (Å²) in [5.74, 6) is 0.953. The molecule has 0 fully saturated rings. The zero-order valence-electron chi connectivity index (χ0n) is 20.7. The molecule has 186 valence electrons. The molecule has 0 bridgehead atoms. The van der Waals surface area contributed by atoms with Crippen molar-refractivity contribution in [3.05, 3.63) is 119 Å². The monoisotopic (exact) mass is 502 g/mol. The van der Waals surface area contributed by atoms with Gasteiger partial charge in [-0.15, -0.1) is 0 Å². The lowest BCUT2D eigenvalue weighted by molar-refractivity contribution is 0.0736. The summed E-state index contributed by atoms with van der Waals surface area (Å²) in [6.45, 7) is 2.00. The first kappa shape index (κ1) is 23.3. The Balaban J connectivity index is 1.33. The molecular formula is C32H22O6. The van der Waals surface area contributed by atoms with Gasteiger partial charge in [0.15, 0.2) is 5.76 Å². The molecule has 0 spiro atoms. The molecule has 6 rings (SSSR count). The fraction of sp³-hybridized carbons (Fsp3) is 0.0625. The minimum Gasteiger partial charge on any atom is -0.497 e. The highest BCUT2D eigenvalue weighted by Gasteiger charge is 2.29. The molecule has 0 N–H and O–H groups in total. The van der Waals surface area contributed by atoms with Gasteiger partial charge in [-0.25, -0.2) is 4.79 Å². The summed E-state index contributed by atoms with van der Waals surface area (Å²) in [6.07, 6.45) is 1.70. The minimum atomic E-state index is -0.601. The Morgan fingerprint density at radius 1 is 0.868 bits per heavy atom. The van der Waals surface area contributed by atoms with Crippen LogP contribution in [0.25, 0.3) is 28.4 Å². The van der Waals surface area contributed by atoms with Gasteiger partial charge in [0.25, 0.3) is 0 Å². The largest absolute Gasteiger partial charge is 0.497 e. The molecule has 0 atom stereocenters. The molecule has 6 heteroatoms. The predicted molar refractivity (Wildman–Crippen MR) is 144 cm³/mol. The maximum absolute atomic E-state index is 13.5. The standard InChI is InChI=1S/C32H22O6/c1-19-8-10-20(11-9-19)16-28-30(33)24-14-12-23(18-27(24)37-28)36-32(34)29-25-17-22(35-2)13-15-26(25)38-31(29)21-6-4-3-5-7-21/h3-18H,1-2H3. The van der Waals surface area contributed by atoms with E-state index in [-0.39, 0.29) is 22.9 Å². The van der Waals surface area contributed by atoms with Crippen molar-refractivity contribution in [3.8, 4) is 28.6 Å². The normalized spacial score (nSPS) is 13.4. The molecule has 1 aliphatic rings. The molecule has 0 aliphatic carbocycles. The van der Waals surface area contributed by atoms with Crippen molar-refractivity contribution in [2.45, 2.75) is 6.92 Å². The predicted octanol–water partition coefficient (Wildman–Crippen LogP) is 7.25. The first-order valence-electron chi connectivity index (χ1n) is 12.0. The van der Waals surface area contributed by atoms with Crippen LogP contribution in [0, 0.1) is 6.92 Å². The lowest BCUT2D eigenvalue weighted by Crippen LogP contribution is -2.09. The number of allylic oxidation sites excluding steroid dienone is 1. The van der Waals surface area contributed by atoms with Crippen LogP contribution in [0.1, 0.15) is 31.8 Å². The van der Waals surface area contributed by atoms with E-state index in [0.29, 0.717) is 33.8 Å². The number of furan rings is 1. The first-order valence-corrected chi connectivity index (χ1v) is 12.0. The van der Waals surface area contributed by atoms with Gasteiger partial charge < -0.3 is 18.6 Å². The number of aryl methyl sites for hydroxylation is 1. The van der Waals surface area contributed by atoms with Gasteiger partial charge in [-0.3, -0.25) is 4.79 Å². The summed E-state index contributed by atoms with van der Waals surface area (Å²) < 4.78 is 23.1. The maximum Gasteiger partial charge on any atom is 0.348 e. The van der Waals surface area contributed by atoms with Crippen LogP contribution in [0.3, 0.4) is 0 Å². The van der Waals surface area contributed by atoms with Crippen molar-refractivity contribution in [2.75, 3.05) is 7.11 Å². The third kappa shape index (κ3) is 4.22. The fourth-order valence-corrected chi connectivity index (χ4v) is 4.40. The van der Waals surface area contributed by atoms with Crippen LogP contribution in [0.2, 0.25) is 0 Å². The Morgan fingerprint density at radius 2 is 1.63 bits per heavy atom. The molecular weight excluding hydrogens is 480 g/mol. The molecule has 1 aromatic heterocycles. The van der Waals surface area contributed by atoms with Crippen LogP contribution >= 0.6 is 0 Å². The van der Waals surface area contributed by atoms with Crippen molar-refractivity contribution in [2.24, 2.45) is 0 Å². The molecule has 0 radical (unpaired) electrons. The number of hydrogen-bond donors (Lipinski definition) is 0. The number of benzene rings is 4. The Hall–Kier alpha value is -5.10. The highest BCUT2D eigenvalue weighted by Crippen LogP contribution is 2.38. The summed E-state index contributed by atoms with van der Waals surface area (Å²) in [7, 11) is 1.56. The topological polar surface area (TPSA) is 75.0 Å². The summed E-state index contributed by atoms with van der Waals surface area (Å²) in [5.41, 5.74) is 3.94. The number of ketones is 1. The average molecular weight is 503 g/mol. The van der Waals surface area contributed by atoms with Crippen molar-refractivity contribution < 1.29 is 28.2 Å². The molecule has 38 heavy (non-hydrogen) atoms. The van der Waals surface area contributed by atoms with Crippen molar-refractivity contribution >= 4 is 28.8 Å². The highest BCUT2D eigenvalue weighted by atomic mass is 16.5. The second kappa shape index (κ2) is 9.41. The number of ether oxygens (including phenoxy) is 3. The highest BCUT2D eigenvalue weighted by molar-refractivity contribution is 6.15. The van der Waals surface area contributed by atoms with Crippen LogP contribution < -0.4 is 14.2 Å². The molecule has 0 amide bonds. The van der Waals surface area contributed by atoms with Crippen LogP contribution in [0.4, 0.5) is 0 Å². The molecule has 5 aromatic rings. The fourth-order valence-electron chi connectivity index (χ4n) is 4.40. The first-order chi connectivity index (χ1) is 18.5. The molecule has 2 heterocycles. The number of fused-ring (bicyclic) bond motifs is 2. The number of rotatable bonds is 5. The van der Waals surface area contributed by atoms with Crippen LogP contribution in [0.15, 0.2) is 101 Å². The van der Waals surface area contributed by atoms with Gasteiger partial charge >= 0.3 is 5.97 Å². The van der Waals surface area contributed by atoms with Gasteiger partial charge in [-0.2, -0.15) is 0 Å². The smallest absolute Gasteiger partial charge is 0.348 e. The number of carbonyl (C=O) groups is 2. The third-order valence-electron chi connectivity index (χ3n) is 6.36. The number of Topliss-reactive ketones (excluding diaryl/α,β-unsaturated/α-hetero) is 1. The van der Waals surface area contributed by atoms with Gasteiger partial charge in [0.05, 0.1) is 12.7 Å². The van der Waals surface area contributed by atoms with Crippen LogP contribution in [-0.2, 0) is 0 Å². The van der Waals surface area contributed by atoms with E-state index in [1.165, 1.54) is 0 Å². The molecule has 4 aromatic carbocycles. The summed E-state index contributed by atoms with van der Waals surface area (Å²) in [5, 5.41) is 0.573.